The van der Waals surface area contributed by atoms with Gasteiger partial charge in [0.25, 0.3) is 0 Å². The van der Waals surface area contributed by atoms with Gasteiger partial charge in [0.15, 0.2) is 0 Å². The van der Waals surface area contributed by atoms with E-state index in [4.69, 9.17) is 0 Å². The molecular weight excluding hydrogens is 340 g/mol. The molecule has 0 bridgehead atoms. The van der Waals surface area contributed by atoms with E-state index in [1.807, 2.05) is 0 Å². The number of hydrogen-bond donors (Lipinski definition) is 0. The third kappa shape index (κ3) is 15.2. The van der Waals surface area contributed by atoms with E-state index in [1.165, 1.54) is 135 Å². The fourth-order valence-electron chi connectivity index (χ4n) is 4.09. The maximum Gasteiger partial charge on any atom is 0.243 e. The summed E-state index contributed by atoms with van der Waals surface area (Å²) in [5, 5.41) is 0. The van der Waals surface area contributed by atoms with E-state index in [9.17, 15) is 0 Å². The predicted molar refractivity (Wildman–Crippen MR) is 124 cm³/mol. The lowest BCUT2D eigenvalue weighted by molar-refractivity contribution is -0.696. The highest BCUT2D eigenvalue weighted by Crippen LogP contribution is 2.11. The van der Waals surface area contributed by atoms with Gasteiger partial charge in [0.05, 0.1) is 13.1 Å². The highest BCUT2D eigenvalue weighted by atomic mass is 15.1. The molecule has 0 aliphatic carbocycles. The number of imidazole rings is 1. The molecule has 28 heavy (non-hydrogen) atoms. The average Bonchev–Trinajstić information content (AvgIpc) is 3.16. The second kappa shape index (κ2) is 19.5. The Morgan fingerprint density at radius 1 is 0.536 bits per heavy atom. The zero-order valence-electron chi connectivity index (χ0n) is 19.5. The lowest BCUT2D eigenvalue weighted by atomic mass is 10.1. The van der Waals surface area contributed by atoms with Crippen molar-refractivity contribution in [2.75, 3.05) is 0 Å². The zero-order chi connectivity index (χ0) is 20.1. The molecule has 0 aliphatic heterocycles. The predicted octanol–water partition coefficient (Wildman–Crippen LogP) is 8.23. The fraction of sp³-hybridized carbons (Fsp3) is 0.885. The lowest BCUT2D eigenvalue weighted by Gasteiger charge is -2.02. The van der Waals surface area contributed by atoms with Gasteiger partial charge in [-0.2, -0.15) is 0 Å². The van der Waals surface area contributed by atoms with Gasteiger partial charge < -0.3 is 0 Å². The third-order valence-electron chi connectivity index (χ3n) is 6.04. The lowest BCUT2D eigenvalue weighted by Crippen LogP contribution is -2.30. The van der Waals surface area contributed by atoms with E-state index < -0.39 is 0 Å². The van der Waals surface area contributed by atoms with Gasteiger partial charge in [0, 0.05) is 0 Å². The van der Waals surface area contributed by atoms with Gasteiger partial charge in [-0.25, -0.2) is 9.13 Å². The van der Waals surface area contributed by atoms with Crippen molar-refractivity contribution in [3.8, 4) is 0 Å². The van der Waals surface area contributed by atoms with Gasteiger partial charge >= 0.3 is 0 Å². The normalized spacial score (nSPS) is 11.4. The summed E-state index contributed by atoms with van der Waals surface area (Å²) < 4.78 is 4.77. The second-order valence-electron chi connectivity index (χ2n) is 8.90. The Kier molecular flexibility index (Phi) is 17.6. The molecule has 2 heteroatoms. The van der Waals surface area contributed by atoms with Crippen LogP contribution < -0.4 is 4.57 Å². The molecule has 2 nitrogen and oxygen atoms in total. The standard InChI is InChI=1S/C26H51N2/c1-3-5-7-9-11-13-14-15-17-19-21-23-28-25-24-27(26-28)22-20-18-16-12-10-8-6-4-2/h24-26H,3-23H2,1-2H3/q+1. The quantitative estimate of drug-likeness (QED) is 0.147. The molecule has 164 valence electrons. The summed E-state index contributed by atoms with van der Waals surface area (Å²) >= 11 is 0. The molecule has 0 saturated carbocycles. The van der Waals surface area contributed by atoms with Crippen LogP contribution in [0.4, 0.5) is 0 Å². The highest BCUT2D eigenvalue weighted by molar-refractivity contribution is 4.66. The van der Waals surface area contributed by atoms with Gasteiger partial charge in [-0.3, -0.25) is 0 Å². The molecular formula is C26H51N2+. The molecule has 0 spiro atoms. The van der Waals surface area contributed by atoms with Crippen molar-refractivity contribution in [2.24, 2.45) is 0 Å². The average molecular weight is 392 g/mol. The molecule has 0 unspecified atom stereocenters. The van der Waals surface area contributed by atoms with E-state index in [1.54, 1.807) is 0 Å². The summed E-state index contributed by atoms with van der Waals surface area (Å²) in [4.78, 5) is 0. The van der Waals surface area contributed by atoms with E-state index in [0.29, 0.717) is 0 Å². The van der Waals surface area contributed by atoms with Gasteiger partial charge in [-0.1, -0.05) is 110 Å². The van der Waals surface area contributed by atoms with E-state index in [0.717, 1.165) is 0 Å². The third-order valence-corrected chi connectivity index (χ3v) is 6.04. The number of aryl methyl sites for hydroxylation is 2. The Labute approximate surface area is 177 Å². The smallest absolute Gasteiger partial charge is 0.237 e. The topological polar surface area (TPSA) is 8.81 Å². The van der Waals surface area contributed by atoms with Crippen LogP contribution in [0.25, 0.3) is 0 Å². The molecule has 0 aromatic carbocycles. The minimum atomic E-state index is 1.19. The first-order chi connectivity index (χ1) is 13.9. The SMILES string of the molecule is CCCCCCCCCCCCC[n+]1ccn(CCCCCCCCCC)c1. The van der Waals surface area contributed by atoms with Crippen molar-refractivity contribution in [1.82, 2.24) is 4.57 Å². The first-order valence-corrected chi connectivity index (χ1v) is 12.9. The summed E-state index contributed by atoms with van der Waals surface area (Å²) in [5.41, 5.74) is 0. The first kappa shape index (κ1) is 25.2. The van der Waals surface area contributed by atoms with Crippen molar-refractivity contribution >= 4 is 0 Å². The molecule has 0 fully saturated rings. The number of unbranched alkanes of at least 4 members (excludes halogenated alkanes) is 17. The van der Waals surface area contributed by atoms with Gasteiger partial charge in [0.1, 0.15) is 12.4 Å². The summed E-state index contributed by atoms with van der Waals surface area (Å²) in [6.45, 7) is 6.98. The van der Waals surface area contributed by atoms with Crippen LogP contribution in [0.1, 0.15) is 136 Å². The molecule has 0 N–H and O–H groups in total. The van der Waals surface area contributed by atoms with Crippen LogP contribution in [0.2, 0.25) is 0 Å². The molecule has 0 aliphatic rings. The molecule has 1 heterocycles. The van der Waals surface area contributed by atoms with Gasteiger partial charge in [-0.05, 0) is 25.7 Å². The zero-order valence-corrected chi connectivity index (χ0v) is 19.5. The van der Waals surface area contributed by atoms with Crippen LogP contribution in [-0.2, 0) is 13.1 Å². The number of rotatable bonds is 21. The molecule has 1 aromatic heterocycles. The minimum Gasteiger partial charge on any atom is -0.237 e. The van der Waals surface area contributed by atoms with Crippen molar-refractivity contribution in [3.05, 3.63) is 18.7 Å². The number of aromatic nitrogens is 2. The van der Waals surface area contributed by atoms with Crippen molar-refractivity contribution in [2.45, 2.75) is 149 Å². The maximum absolute atomic E-state index is 2.39. The maximum atomic E-state index is 2.39. The fourth-order valence-corrected chi connectivity index (χ4v) is 4.09. The Hall–Kier alpha value is -0.790. The van der Waals surface area contributed by atoms with Crippen LogP contribution in [0.15, 0.2) is 18.7 Å². The van der Waals surface area contributed by atoms with E-state index in [2.05, 4.69) is 41.7 Å². The van der Waals surface area contributed by atoms with Crippen molar-refractivity contribution < 1.29 is 4.57 Å². The molecule has 1 aromatic rings. The minimum absolute atomic E-state index is 1.19. The van der Waals surface area contributed by atoms with Gasteiger partial charge in [-0.15, -0.1) is 0 Å². The van der Waals surface area contributed by atoms with Gasteiger partial charge in [0.2, 0.25) is 6.33 Å². The van der Waals surface area contributed by atoms with Crippen LogP contribution in [-0.4, -0.2) is 4.57 Å². The second-order valence-corrected chi connectivity index (χ2v) is 8.90. The van der Waals surface area contributed by atoms with Crippen molar-refractivity contribution in [1.29, 1.82) is 0 Å². The largest absolute Gasteiger partial charge is 0.243 e. The van der Waals surface area contributed by atoms with Crippen LogP contribution in [0.5, 0.6) is 0 Å². The first-order valence-electron chi connectivity index (χ1n) is 12.9. The summed E-state index contributed by atoms with van der Waals surface area (Å²) in [7, 11) is 0. The van der Waals surface area contributed by atoms with E-state index in [-0.39, 0.29) is 0 Å². The molecule has 0 amide bonds. The molecule has 0 radical (unpaired) electrons. The molecule has 0 atom stereocenters. The summed E-state index contributed by atoms with van der Waals surface area (Å²) in [6.07, 6.45) is 33.7. The Morgan fingerprint density at radius 3 is 1.46 bits per heavy atom. The number of hydrogen-bond acceptors (Lipinski definition) is 0. The highest BCUT2D eigenvalue weighted by Gasteiger charge is 2.03. The Balaban J connectivity index is 1.88. The Morgan fingerprint density at radius 2 is 0.964 bits per heavy atom. The Bertz CT molecular complexity index is 424. The van der Waals surface area contributed by atoms with Crippen molar-refractivity contribution in [3.63, 3.8) is 0 Å². The summed E-state index contributed by atoms with van der Waals surface area (Å²) in [5.74, 6) is 0. The number of nitrogens with zero attached hydrogens (tertiary/aromatic N) is 2. The molecule has 1 rings (SSSR count). The van der Waals surface area contributed by atoms with E-state index >= 15 is 0 Å². The molecule has 0 saturated heterocycles. The van der Waals surface area contributed by atoms with Crippen LogP contribution in [0, 0.1) is 0 Å². The van der Waals surface area contributed by atoms with Crippen LogP contribution >= 0.6 is 0 Å². The van der Waals surface area contributed by atoms with Crippen LogP contribution in [0.3, 0.4) is 0 Å². The monoisotopic (exact) mass is 391 g/mol. The summed E-state index contributed by atoms with van der Waals surface area (Å²) in [6, 6.07) is 0.